The molecule has 2 heterocycles. The molecule has 1 aliphatic carbocycles. The summed E-state index contributed by atoms with van der Waals surface area (Å²) >= 11 is 0. The molecular formula is C15H24N2O2. The molecule has 3 aliphatic rings. The van der Waals surface area contributed by atoms with E-state index in [0.717, 1.165) is 51.9 Å². The fourth-order valence-electron chi connectivity index (χ4n) is 3.94. The highest BCUT2D eigenvalue weighted by molar-refractivity contribution is 5.82. The predicted octanol–water partition coefficient (Wildman–Crippen LogP) is 1.20. The molecule has 3 fully saturated rings. The van der Waals surface area contributed by atoms with Crippen molar-refractivity contribution in [3.8, 4) is 0 Å². The molecule has 0 aromatic heterocycles. The summed E-state index contributed by atoms with van der Waals surface area (Å²) in [6.45, 7) is 3.81. The van der Waals surface area contributed by atoms with Crippen LogP contribution < -0.4 is 5.32 Å². The standard InChI is InChI=1S/C15H24N2O2/c18-14-8-12-3-6-17(10-13(12)9-14)15(19)7-11-1-4-16-5-2-11/h11-13,16H,1-10H2. The SMILES string of the molecule is O=C1CC2CCN(C(=O)CC3CCNCC3)CC2C1. The second-order valence-corrected chi connectivity index (χ2v) is 6.49. The zero-order valence-corrected chi connectivity index (χ0v) is 11.6. The van der Waals surface area contributed by atoms with Crippen molar-refractivity contribution in [2.75, 3.05) is 26.2 Å². The van der Waals surface area contributed by atoms with E-state index >= 15 is 0 Å². The lowest BCUT2D eigenvalue weighted by Gasteiger charge is -2.35. The largest absolute Gasteiger partial charge is 0.342 e. The normalized spacial score (nSPS) is 32.4. The Labute approximate surface area is 114 Å². The molecule has 2 unspecified atom stereocenters. The van der Waals surface area contributed by atoms with Gasteiger partial charge in [0.2, 0.25) is 5.91 Å². The lowest BCUT2D eigenvalue weighted by atomic mass is 9.87. The van der Waals surface area contributed by atoms with E-state index in [1.807, 2.05) is 4.90 Å². The van der Waals surface area contributed by atoms with Gasteiger partial charge in [0.05, 0.1) is 0 Å². The monoisotopic (exact) mass is 264 g/mol. The molecule has 4 heteroatoms. The fraction of sp³-hybridized carbons (Fsp3) is 0.867. The summed E-state index contributed by atoms with van der Waals surface area (Å²) in [6.07, 6.45) is 5.48. The number of rotatable bonds is 2. The van der Waals surface area contributed by atoms with E-state index in [4.69, 9.17) is 0 Å². The number of ketones is 1. The molecule has 0 spiro atoms. The predicted molar refractivity (Wildman–Crippen MR) is 72.6 cm³/mol. The van der Waals surface area contributed by atoms with Crippen LogP contribution in [0.4, 0.5) is 0 Å². The summed E-state index contributed by atoms with van der Waals surface area (Å²) in [6, 6.07) is 0. The number of fused-ring (bicyclic) bond motifs is 1. The minimum atomic E-state index is 0.324. The molecular weight excluding hydrogens is 240 g/mol. The number of Topliss-reactive ketones (excluding diaryl/α,β-unsaturated/α-hetero) is 1. The van der Waals surface area contributed by atoms with Crippen molar-refractivity contribution in [2.24, 2.45) is 17.8 Å². The van der Waals surface area contributed by atoms with E-state index in [9.17, 15) is 9.59 Å². The number of nitrogens with one attached hydrogen (secondary N) is 1. The highest BCUT2D eigenvalue weighted by atomic mass is 16.2. The molecule has 0 bridgehead atoms. The highest BCUT2D eigenvalue weighted by Crippen LogP contribution is 2.36. The van der Waals surface area contributed by atoms with Gasteiger partial charge in [0.1, 0.15) is 5.78 Å². The molecule has 2 aliphatic heterocycles. The maximum absolute atomic E-state index is 12.4. The molecule has 0 aromatic carbocycles. The van der Waals surface area contributed by atoms with Crippen molar-refractivity contribution in [3.63, 3.8) is 0 Å². The topological polar surface area (TPSA) is 49.4 Å². The minimum absolute atomic E-state index is 0.324. The fourth-order valence-corrected chi connectivity index (χ4v) is 3.94. The van der Waals surface area contributed by atoms with Gasteiger partial charge in [0, 0.05) is 32.4 Å². The Morgan fingerprint density at radius 3 is 2.68 bits per heavy atom. The first-order valence-electron chi connectivity index (χ1n) is 7.72. The van der Waals surface area contributed by atoms with Gasteiger partial charge < -0.3 is 10.2 Å². The first kappa shape index (κ1) is 13.1. The van der Waals surface area contributed by atoms with Crippen LogP contribution in [-0.4, -0.2) is 42.8 Å². The van der Waals surface area contributed by atoms with Gasteiger partial charge in [-0.2, -0.15) is 0 Å². The first-order chi connectivity index (χ1) is 9.22. The van der Waals surface area contributed by atoms with Crippen LogP contribution in [-0.2, 0) is 9.59 Å². The van der Waals surface area contributed by atoms with Crippen LogP contribution in [0.3, 0.4) is 0 Å². The van der Waals surface area contributed by atoms with Crippen molar-refractivity contribution < 1.29 is 9.59 Å². The maximum atomic E-state index is 12.4. The Bertz CT molecular complexity index is 363. The van der Waals surface area contributed by atoms with Gasteiger partial charge in [-0.15, -0.1) is 0 Å². The van der Waals surface area contributed by atoms with Gasteiger partial charge in [-0.1, -0.05) is 0 Å². The third-order valence-electron chi connectivity index (χ3n) is 5.15. The lowest BCUT2D eigenvalue weighted by molar-refractivity contribution is -0.134. The van der Waals surface area contributed by atoms with E-state index in [-0.39, 0.29) is 0 Å². The van der Waals surface area contributed by atoms with E-state index in [1.165, 1.54) is 0 Å². The molecule has 4 nitrogen and oxygen atoms in total. The zero-order chi connectivity index (χ0) is 13.2. The molecule has 0 aromatic rings. The summed E-state index contributed by atoms with van der Waals surface area (Å²) in [5, 5.41) is 3.34. The second kappa shape index (κ2) is 5.61. The van der Waals surface area contributed by atoms with E-state index in [1.54, 1.807) is 0 Å². The molecule has 2 saturated heterocycles. The van der Waals surface area contributed by atoms with Crippen LogP contribution in [0.5, 0.6) is 0 Å². The number of nitrogens with zero attached hydrogens (tertiary/aromatic N) is 1. The molecule has 19 heavy (non-hydrogen) atoms. The highest BCUT2D eigenvalue weighted by Gasteiger charge is 2.38. The second-order valence-electron chi connectivity index (χ2n) is 6.49. The van der Waals surface area contributed by atoms with Crippen molar-refractivity contribution >= 4 is 11.7 Å². The number of hydrogen-bond donors (Lipinski definition) is 1. The van der Waals surface area contributed by atoms with Crippen molar-refractivity contribution in [3.05, 3.63) is 0 Å². The van der Waals surface area contributed by atoms with Gasteiger partial charge >= 0.3 is 0 Å². The Morgan fingerprint density at radius 1 is 1.16 bits per heavy atom. The summed E-state index contributed by atoms with van der Waals surface area (Å²) in [4.78, 5) is 25.9. The van der Waals surface area contributed by atoms with Gasteiger partial charge in [-0.25, -0.2) is 0 Å². The summed E-state index contributed by atoms with van der Waals surface area (Å²) in [7, 11) is 0. The van der Waals surface area contributed by atoms with Gasteiger partial charge in [-0.05, 0) is 50.1 Å². The zero-order valence-electron chi connectivity index (χ0n) is 11.6. The van der Waals surface area contributed by atoms with Crippen LogP contribution in [0, 0.1) is 17.8 Å². The maximum Gasteiger partial charge on any atom is 0.222 e. The molecule has 106 valence electrons. The molecule has 1 saturated carbocycles. The Kier molecular flexibility index (Phi) is 3.87. The smallest absolute Gasteiger partial charge is 0.222 e. The van der Waals surface area contributed by atoms with Gasteiger partial charge in [0.15, 0.2) is 0 Å². The van der Waals surface area contributed by atoms with Gasteiger partial charge in [0.25, 0.3) is 0 Å². The Morgan fingerprint density at radius 2 is 1.89 bits per heavy atom. The summed E-state index contributed by atoms with van der Waals surface area (Å²) < 4.78 is 0. The molecule has 0 radical (unpaired) electrons. The van der Waals surface area contributed by atoms with Crippen molar-refractivity contribution in [2.45, 2.75) is 38.5 Å². The number of carbonyl (C=O) groups is 2. The lowest BCUT2D eigenvalue weighted by Crippen LogP contribution is -2.43. The Balaban J connectivity index is 1.51. The van der Waals surface area contributed by atoms with E-state index in [0.29, 0.717) is 42.3 Å². The Hall–Kier alpha value is -0.900. The summed E-state index contributed by atoms with van der Waals surface area (Å²) in [5.41, 5.74) is 0. The number of hydrogen-bond acceptors (Lipinski definition) is 3. The van der Waals surface area contributed by atoms with Gasteiger partial charge in [-0.3, -0.25) is 9.59 Å². The molecule has 1 N–H and O–H groups in total. The van der Waals surface area contributed by atoms with Crippen molar-refractivity contribution in [1.29, 1.82) is 0 Å². The van der Waals surface area contributed by atoms with Crippen LogP contribution in [0.1, 0.15) is 38.5 Å². The average Bonchev–Trinajstić information content (AvgIpc) is 2.78. The summed E-state index contributed by atoms with van der Waals surface area (Å²) in [5.74, 6) is 2.32. The van der Waals surface area contributed by atoms with E-state index < -0.39 is 0 Å². The van der Waals surface area contributed by atoms with Crippen LogP contribution in [0.2, 0.25) is 0 Å². The molecule has 3 rings (SSSR count). The number of piperidine rings is 2. The minimum Gasteiger partial charge on any atom is -0.342 e. The third-order valence-corrected chi connectivity index (χ3v) is 5.15. The first-order valence-corrected chi connectivity index (χ1v) is 7.72. The van der Waals surface area contributed by atoms with E-state index in [2.05, 4.69) is 5.32 Å². The third kappa shape index (κ3) is 2.99. The molecule has 2 atom stereocenters. The van der Waals surface area contributed by atoms with Crippen molar-refractivity contribution in [1.82, 2.24) is 10.2 Å². The van der Waals surface area contributed by atoms with Crippen LogP contribution >= 0.6 is 0 Å². The average molecular weight is 264 g/mol. The number of likely N-dealkylation sites (tertiary alicyclic amines) is 1. The number of amides is 1. The number of carbonyl (C=O) groups excluding carboxylic acids is 2. The molecule has 1 amide bonds. The van der Waals surface area contributed by atoms with Crippen LogP contribution in [0.15, 0.2) is 0 Å². The van der Waals surface area contributed by atoms with Crippen LogP contribution in [0.25, 0.3) is 0 Å². The quantitative estimate of drug-likeness (QED) is 0.815.